The molecule has 0 fully saturated rings. The third-order valence-electron chi connectivity index (χ3n) is 8.62. The second-order valence-corrected chi connectivity index (χ2v) is 13.1. The van der Waals surface area contributed by atoms with Crippen molar-refractivity contribution in [2.75, 3.05) is 14.2 Å². The number of carbonyl (C=O) groups excluding carboxylic acids is 1. The smallest absolute Gasteiger partial charge is 0.304 e. The van der Waals surface area contributed by atoms with E-state index in [9.17, 15) is 17.6 Å². The van der Waals surface area contributed by atoms with E-state index in [-0.39, 0.29) is 11.5 Å². The molecule has 0 aliphatic carbocycles. The molecule has 13 heteroatoms. The zero-order chi connectivity index (χ0) is 34.3. The van der Waals surface area contributed by atoms with Crippen molar-refractivity contribution in [1.82, 2.24) is 24.0 Å². The van der Waals surface area contributed by atoms with E-state index in [1.807, 2.05) is 18.2 Å². The molecule has 11 nitrogen and oxygen atoms in total. The zero-order valence-electron chi connectivity index (χ0n) is 26.4. The molecule has 4 aromatic carbocycles. The van der Waals surface area contributed by atoms with Crippen molar-refractivity contribution in [3.8, 4) is 28.3 Å². The van der Waals surface area contributed by atoms with Gasteiger partial charge in [-0.25, -0.2) is 24.1 Å². The first kappa shape index (κ1) is 31.7. The highest BCUT2D eigenvalue weighted by Gasteiger charge is 2.42. The van der Waals surface area contributed by atoms with Gasteiger partial charge < -0.3 is 13.6 Å². The molecule has 0 radical (unpaired) electrons. The molecule has 0 saturated carbocycles. The van der Waals surface area contributed by atoms with Gasteiger partial charge in [-0.15, -0.1) is 0 Å². The quantitative estimate of drug-likeness (QED) is 0.176. The zero-order valence-corrected chi connectivity index (χ0v) is 27.2. The van der Waals surface area contributed by atoms with Gasteiger partial charge in [0, 0.05) is 30.4 Å². The van der Waals surface area contributed by atoms with Gasteiger partial charge in [-0.2, -0.15) is 12.7 Å². The number of fused-ring (bicyclic) bond motifs is 2. The minimum Gasteiger partial charge on any atom is -0.496 e. The van der Waals surface area contributed by atoms with Gasteiger partial charge in [0.25, 0.3) is 5.91 Å². The largest absolute Gasteiger partial charge is 0.496 e. The Hall–Kier alpha value is -5.92. The lowest BCUT2D eigenvalue weighted by atomic mass is 9.84. The molecule has 0 aliphatic rings. The van der Waals surface area contributed by atoms with Gasteiger partial charge >= 0.3 is 10.2 Å². The van der Waals surface area contributed by atoms with E-state index in [1.54, 1.807) is 61.8 Å². The molecular formula is C36H28FN5O6S. The predicted octanol–water partition coefficient (Wildman–Crippen LogP) is 6.72. The fraction of sp³-hybridized carbons (Fsp3) is 0.111. The van der Waals surface area contributed by atoms with Crippen molar-refractivity contribution in [3.05, 3.63) is 132 Å². The van der Waals surface area contributed by atoms with Crippen molar-refractivity contribution >= 4 is 38.2 Å². The van der Waals surface area contributed by atoms with Crippen LogP contribution in [0, 0.1) is 5.82 Å². The van der Waals surface area contributed by atoms with Crippen LogP contribution in [0.1, 0.15) is 28.4 Å². The molecule has 1 atom stereocenters. The summed E-state index contributed by atoms with van der Waals surface area (Å²) >= 11 is 0. The first-order chi connectivity index (χ1) is 23.6. The van der Waals surface area contributed by atoms with Gasteiger partial charge in [-0.3, -0.25) is 4.79 Å². The summed E-state index contributed by atoms with van der Waals surface area (Å²) in [6, 6.07) is 22.9. The second-order valence-electron chi connectivity index (χ2n) is 11.4. The summed E-state index contributed by atoms with van der Waals surface area (Å²) in [5.41, 5.74) is 3.02. The number of rotatable bonds is 9. The standard InChI is InChI=1S/C36H28FN5O6S/c1-36(24-9-12-26(37)13-10-24,42(2)49(44,45)41-34(43)29-20-47-32-7-5-4-6-27(29)32)25-11-15-31(46-3)28(17-25)35-40-30-14-8-22(16-33(30)48-35)23-18-38-21-39-19-23/h4-21H,1-3H3,(H,41,43). The first-order valence-corrected chi connectivity index (χ1v) is 16.4. The number of benzene rings is 4. The van der Waals surface area contributed by atoms with Crippen molar-refractivity contribution < 1.29 is 31.2 Å². The van der Waals surface area contributed by atoms with Crippen LogP contribution in [0.4, 0.5) is 4.39 Å². The Morgan fingerprint density at radius 2 is 1.65 bits per heavy atom. The Morgan fingerprint density at radius 1 is 0.918 bits per heavy atom. The number of oxazole rings is 1. The molecule has 3 heterocycles. The summed E-state index contributed by atoms with van der Waals surface area (Å²) in [7, 11) is -1.71. The van der Waals surface area contributed by atoms with Crippen LogP contribution < -0.4 is 9.46 Å². The number of para-hydroxylation sites is 1. The first-order valence-electron chi connectivity index (χ1n) is 15.0. The number of ether oxygens (including phenoxy) is 1. The average Bonchev–Trinajstić information content (AvgIpc) is 3.76. The number of hydrogen-bond acceptors (Lipinski definition) is 9. The Labute approximate surface area is 280 Å². The van der Waals surface area contributed by atoms with E-state index in [0.29, 0.717) is 44.5 Å². The molecule has 0 bridgehead atoms. The number of methoxy groups -OCH3 is 1. The van der Waals surface area contributed by atoms with E-state index in [4.69, 9.17) is 18.6 Å². The summed E-state index contributed by atoms with van der Waals surface area (Å²) in [5.74, 6) is -0.733. The molecule has 1 unspecified atom stereocenters. The number of amides is 1. The van der Waals surface area contributed by atoms with E-state index in [0.717, 1.165) is 15.4 Å². The molecule has 0 saturated heterocycles. The molecule has 246 valence electrons. The van der Waals surface area contributed by atoms with Gasteiger partial charge in [0.05, 0.1) is 23.8 Å². The predicted molar refractivity (Wildman–Crippen MR) is 180 cm³/mol. The van der Waals surface area contributed by atoms with Crippen LogP contribution in [0.5, 0.6) is 5.75 Å². The van der Waals surface area contributed by atoms with Crippen LogP contribution in [0.15, 0.2) is 119 Å². The van der Waals surface area contributed by atoms with Crippen LogP contribution >= 0.6 is 0 Å². The molecule has 0 spiro atoms. The topological polar surface area (TPSA) is 141 Å². The van der Waals surface area contributed by atoms with Crippen LogP contribution in [0.3, 0.4) is 0 Å². The molecule has 0 aliphatic heterocycles. The van der Waals surface area contributed by atoms with E-state index >= 15 is 0 Å². The van der Waals surface area contributed by atoms with Crippen molar-refractivity contribution in [1.29, 1.82) is 0 Å². The number of halogens is 1. The Kier molecular flexibility index (Phi) is 7.93. The van der Waals surface area contributed by atoms with Crippen molar-refractivity contribution in [3.63, 3.8) is 0 Å². The maximum Gasteiger partial charge on any atom is 0.304 e. The number of furan rings is 1. The highest BCUT2D eigenvalue weighted by Crippen LogP contribution is 2.41. The Morgan fingerprint density at radius 3 is 2.41 bits per heavy atom. The van der Waals surface area contributed by atoms with Gasteiger partial charge in [0.15, 0.2) is 5.58 Å². The fourth-order valence-corrected chi connectivity index (χ4v) is 6.96. The summed E-state index contributed by atoms with van der Waals surface area (Å²) in [5, 5.41) is 0.460. The maximum atomic E-state index is 14.1. The number of carbonyl (C=O) groups is 1. The van der Waals surface area contributed by atoms with E-state index in [1.165, 1.54) is 51.0 Å². The number of nitrogens with zero attached hydrogens (tertiary/aromatic N) is 4. The Balaban J connectivity index is 1.31. The molecular weight excluding hydrogens is 649 g/mol. The number of nitrogens with one attached hydrogen (secondary N) is 1. The maximum absolute atomic E-state index is 14.1. The van der Waals surface area contributed by atoms with E-state index < -0.39 is 27.5 Å². The normalized spacial score (nSPS) is 13.1. The summed E-state index contributed by atoms with van der Waals surface area (Å²) < 4.78 is 62.7. The molecule has 7 aromatic rings. The van der Waals surface area contributed by atoms with Gasteiger partial charge in [-0.05, 0) is 66.1 Å². The molecule has 7 rings (SSSR count). The minimum atomic E-state index is -4.55. The van der Waals surface area contributed by atoms with Crippen molar-refractivity contribution in [2.24, 2.45) is 0 Å². The lowest BCUT2D eigenvalue weighted by Gasteiger charge is -2.39. The van der Waals surface area contributed by atoms with E-state index in [2.05, 4.69) is 14.7 Å². The molecule has 1 N–H and O–H groups in total. The lowest BCUT2D eigenvalue weighted by molar-refractivity contribution is 0.0978. The average molecular weight is 678 g/mol. The SMILES string of the molecule is COc1ccc(C(C)(c2ccc(F)cc2)N(C)S(=O)(=O)NC(=O)c2coc3ccccc23)cc1-c1nc2ccc(-c3cncnc3)cc2o1. The third kappa shape index (κ3) is 5.68. The van der Waals surface area contributed by atoms with Gasteiger partial charge in [0.2, 0.25) is 5.89 Å². The monoisotopic (exact) mass is 677 g/mol. The Bertz CT molecular complexity index is 2450. The highest BCUT2D eigenvalue weighted by molar-refractivity contribution is 7.87. The van der Waals surface area contributed by atoms with Crippen LogP contribution in [0.2, 0.25) is 0 Å². The highest BCUT2D eigenvalue weighted by atomic mass is 32.2. The van der Waals surface area contributed by atoms with Crippen LogP contribution in [-0.4, -0.2) is 47.7 Å². The lowest BCUT2D eigenvalue weighted by Crippen LogP contribution is -2.51. The third-order valence-corrected chi connectivity index (χ3v) is 10.1. The summed E-state index contributed by atoms with van der Waals surface area (Å²) in [4.78, 5) is 26.2. The second kappa shape index (κ2) is 12.3. The van der Waals surface area contributed by atoms with Crippen molar-refractivity contribution in [2.45, 2.75) is 12.5 Å². The van der Waals surface area contributed by atoms with Gasteiger partial charge in [-0.1, -0.05) is 42.5 Å². The fourth-order valence-electron chi connectivity index (χ4n) is 5.78. The molecule has 49 heavy (non-hydrogen) atoms. The summed E-state index contributed by atoms with van der Waals surface area (Å²) in [6.07, 6.45) is 6.05. The molecule has 3 aromatic heterocycles. The van der Waals surface area contributed by atoms with Crippen LogP contribution in [-0.2, 0) is 15.7 Å². The van der Waals surface area contributed by atoms with Crippen LogP contribution in [0.25, 0.3) is 44.7 Å². The van der Waals surface area contributed by atoms with Gasteiger partial charge in [0.1, 0.15) is 35.3 Å². The number of hydrogen-bond donors (Lipinski definition) is 1. The molecule has 1 amide bonds. The summed E-state index contributed by atoms with van der Waals surface area (Å²) in [6.45, 7) is 1.66. The number of aromatic nitrogens is 3. The minimum absolute atomic E-state index is 0.0571.